The molecule has 0 aromatic carbocycles. The van der Waals surface area contributed by atoms with E-state index in [1.54, 1.807) is 0 Å². The first-order valence-electron chi connectivity index (χ1n) is 5.94. The first-order valence-corrected chi connectivity index (χ1v) is 5.94. The second kappa shape index (κ2) is 10.9. The van der Waals surface area contributed by atoms with Gasteiger partial charge in [-0.2, -0.15) is 0 Å². The molecule has 0 bridgehead atoms. The van der Waals surface area contributed by atoms with Gasteiger partial charge < -0.3 is 14.5 Å². The van der Waals surface area contributed by atoms with Crippen LogP contribution in [0.5, 0.6) is 0 Å². The molecule has 0 saturated carbocycles. The summed E-state index contributed by atoms with van der Waals surface area (Å²) < 4.78 is 4.92. The zero-order valence-corrected chi connectivity index (χ0v) is 11.9. The highest BCUT2D eigenvalue weighted by Crippen LogP contribution is 2.02. The van der Waals surface area contributed by atoms with Crippen LogP contribution in [0, 0.1) is 0 Å². The maximum Gasteiger partial charge on any atom is 0.307 e. The van der Waals surface area contributed by atoms with Gasteiger partial charge in [0.1, 0.15) is 0 Å². The molecule has 0 aliphatic heterocycles. The van der Waals surface area contributed by atoms with Crippen LogP contribution in [0.1, 0.15) is 27.2 Å². The standard InChI is InChI=1S/C10H22N2O2.C2H6/c1-6-14-10(13)7-9(12(4)5)8-11(2)3;1-2/h9H,6-8H2,1-5H3;1-2H3. The largest absolute Gasteiger partial charge is 0.466 e. The van der Waals surface area contributed by atoms with Gasteiger partial charge in [-0.05, 0) is 35.1 Å². The van der Waals surface area contributed by atoms with Crippen LogP contribution in [0.25, 0.3) is 0 Å². The summed E-state index contributed by atoms with van der Waals surface area (Å²) in [6.07, 6.45) is 0.457. The van der Waals surface area contributed by atoms with Crippen molar-refractivity contribution in [1.82, 2.24) is 9.80 Å². The zero-order chi connectivity index (χ0) is 13.1. The lowest BCUT2D eigenvalue weighted by molar-refractivity contribution is -0.144. The van der Waals surface area contributed by atoms with E-state index in [0.717, 1.165) is 6.54 Å². The van der Waals surface area contributed by atoms with E-state index in [-0.39, 0.29) is 12.0 Å². The average Bonchev–Trinajstić information content (AvgIpc) is 2.19. The normalized spacial score (nSPS) is 12.1. The molecule has 0 spiro atoms. The minimum Gasteiger partial charge on any atom is -0.466 e. The topological polar surface area (TPSA) is 32.8 Å². The van der Waals surface area contributed by atoms with Crippen molar-refractivity contribution in [3.63, 3.8) is 0 Å². The highest BCUT2D eigenvalue weighted by Gasteiger charge is 2.17. The fraction of sp³-hybridized carbons (Fsp3) is 0.917. The summed E-state index contributed by atoms with van der Waals surface area (Å²) in [6, 6.07) is 0.226. The molecule has 98 valence electrons. The molecule has 0 rings (SSSR count). The van der Waals surface area contributed by atoms with E-state index in [1.807, 2.05) is 49.0 Å². The molecule has 4 heteroatoms. The van der Waals surface area contributed by atoms with Gasteiger partial charge in [0, 0.05) is 12.6 Å². The van der Waals surface area contributed by atoms with E-state index in [1.165, 1.54) is 0 Å². The Morgan fingerprint density at radius 3 is 2.00 bits per heavy atom. The van der Waals surface area contributed by atoms with Gasteiger partial charge in [-0.15, -0.1) is 0 Å². The summed E-state index contributed by atoms with van der Waals surface area (Å²) in [5.41, 5.74) is 0. The molecule has 0 N–H and O–H groups in total. The number of carbonyl (C=O) groups is 1. The summed E-state index contributed by atoms with van der Waals surface area (Å²) >= 11 is 0. The molecule has 4 nitrogen and oxygen atoms in total. The van der Waals surface area contributed by atoms with Crippen molar-refractivity contribution >= 4 is 5.97 Å². The lowest BCUT2D eigenvalue weighted by atomic mass is 10.2. The van der Waals surface area contributed by atoms with Gasteiger partial charge in [-0.25, -0.2) is 0 Å². The third kappa shape index (κ3) is 9.93. The number of esters is 1. The first kappa shape index (κ1) is 17.8. The molecular weight excluding hydrogens is 204 g/mol. The van der Waals surface area contributed by atoms with E-state index in [9.17, 15) is 4.79 Å². The third-order valence-corrected chi connectivity index (χ3v) is 2.01. The molecule has 16 heavy (non-hydrogen) atoms. The van der Waals surface area contributed by atoms with Crippen molar-refractivity contribution in [2.24, 2.45) is 0 Å². The van der Waals surface area contributed by atoms with Crippen LogP contribution in [-0.4, -0.2) is 63.2 Å². The maximum absolute atomic E-state index is 11.3. The summed E-state index contributed by atoms with van der Waals surface area (Å²) in [4.78, 5) is 15.4. The lowest BCUT2D eigenvalue weighted by Gasteiger charge is -2.26. The fourth-order valence-electron chi connectivity index (χ4n) is 1.24. The van der Waals surface area contributed by atoms with Crippen LogP contribution in [-0.2, 0) is 9.53 Å². The molecule has 0 saturated heterocycles. The second-order valence-corrected chi connectivity index (χ2v) is 3.89. The highest BCUT2D eigenvalue weighted by molar-refractivity contribution is 5.70. The van der Waals surface area contributed by atoms with E-state index < -0.39 is 0 Å². The predicted octanol–water partition coefficient (Wildman–Crippen LogP) is 1.46. The van der Waals surface area contributed by atoms with Crippen molar-refractivity contribution in [3.05, 3.63) is 0 Å². The number of hydrogen-bond acceptors (Lipinski definition) is 4. The van der Waals surface area contributed by atoms with Crippen molar-refractivity contribution in [2.45, 2.75) is 33.2 Å². The van der Waals surface area contributed by atoms with Crippen LogP contribution in [0.2, 0.25) is 0 Å². The summed E-state index contributed by atoms with van der Waals surface area (Å²) in [6.45, 7) is 7.15. The first-order chi connectivity index (χ1) is 7.47. The van der Waals surface area contributed by atoms with E-state index in [4.69, 9.17) is 4.74 Å². The fourth-order valence-corrected chi connectivity index (χ4v) is 1.24. The quantitative estimate of drug-likeness (QED) is 0.649. The summed E-state index contributed by atoms with van der Waals surface area (Å²) in [7, 11) is 7.96. The smallest absolute Gasteiger partial charge is 0.307 e. The van der Waals surface area contributed by atoms with Gasteiger partial charge in [0.05, 0.1) is 13.0 Å². The molecule has 0 amide bonds. The van der Waals surface area contributed by atoms with E-state index >= 15 is 0 Å². The number of rotatable bonds is 6. The lowest BCUT2D eigenvalue weighted by Crippen LogP contribution is -2.39. The number of ether oxygens (including phenoxy) is 1. The molecule has 0 radical (unpaired) electrons. The van der Waals surface area contributed by atoms with E-state index in [2.05, 4.69) is 9.80 Å². The molecule has 1 unspecified atom stereocenters. The minimum atomic E-state index is -0.118. The number of carbonyl (C=O) groups excluding carboxylic acids is 1. The molecule has 0 aromatic rings. The van der Waals surface area contributed by atoms with Gasteiger partial charge in [-0.1, -0.05) is 13.8 Å². The van der Waals surface area contributed by atoms with Crippen LogP contribution in [0.15, 0.2) is 0 Å². The maximum atomic E-state index is 11.3. The van der Waals surface area contributed by atoms with Crippen LogP contribution < -0.4 is 0 Å². The molecule has 0 aliphatic carbocycles. The van der Waals surface area contributed by atoms with Crippen LogP contribution in [0.3, 0.4) is 0 Å². The Hall–Kier alpha value is -0.610. The number of likely N-dealkylation sites (N-methyl/N-ethyl adjacent to an activating group) is 2. The molecule has 0 heterocycles. The Bertz CT molecular complexity index is 170. The van der Waals surface area contributed by atoms with E-state index in [0.29, 0.717) is 13.0 Å². The second-order valence-electron chi connectivity index (χ2n) is 3.89. The Morgan fingerprint density at radius 1 is 1.19 bits per heavy atom. The number of hydrogen-bond donors (Lipinski definition) is 0. The summed E-state index contributed by atoms with van der Waals surface area (Å²) in [5, 5.41) is 0. The minimum absolute atomic E-state index is 0.118. The SMILES string of the molecule is CC.CCOC(=O)CC(CN(C)C)N(C)C. The van der Waals surface area contributed by atoms with Crippen molar-refractivity contribution in [2.75, 3.05) is 41.3 Å². The molecule has 1 atom stereocenters. The Balaban J connectivity index is 0. The van der Waals surface area contributed by atoms with Gasteiger partial charge in [0.25, 0.3) is 0 Å². The van der Waals surface area contributed by atoms with Crippen LogP contribution >= 0.6 is 0 Å². The molecule has 0 aliphatic rings. The van der Waals surface area contributed by atoms with Crippen molar-refractivity contribution in [1.29, 1.82) is 0 Å². The molecule has 0 fully saturated rings. The predicted molar refractivity (Wildman–Crippen MR) is 68.6 cm³/mol. The average molecular weight is 232 g/mol. The monoisotopic (exact) mass is 232 g/mol. The molecule has 0 aromatic heterocycles. The Morgan fingerprint density at radius 2 is 1.69 bits per heavy atom. The number of nitrogens with zero attached hydrogens (tertiary/aromatic N) is 2. The van der Waals surface area contributed by atoms with Crippen LogP contribution in [0.4, 0.5) is 0 Å². The van der Waals surface area contributed by atoms with Gasteiger partial charge in [0.2, 0.25) is 0 Å². The third-order valence-electron chi connectivity index (χ3n) is 2.01. The molecular formula is C12H28N2O2. The van der Waals surface area contributed by atoms with Crippen molar-refractivity contribution < 1.29 is 9.53 Å². The van der Waals surface area contributed by atoms with Crippen molar-refractivity contribution in [3.8, 4) is 0 Å². The van der Waals surface area contributed by atoms with Gasteiger partial charge in [0.15, 0.2) is 0 Å². The van der Waals surface area contributed by atoms with Gasteiger partial charge in [-0.3, -0.25) is 4.79 Å². The Kier molecular flexibility index (Phi) is 12.1. The zero-order valence-electron chi connectivity index (χ0n) is 11.9. The highest BCUT2D eigenvalue weighted by atomic mass is 16.5. The van der Waals surface area contributed by atoms with Gasteiger partial charge >= 0.3 is 5.97 Å². The summed E-state index contributed by atoms with van der Waals surface area (Å²) in [5.74, 6) is -0.118. The Labute approximate surface area is 101 Å².